The van der Waals surface area contributed by atoms with Crippen LogP contribution in [0.1, 0.15) is 5.56 Å². The van der Waals surface area contributed by atoms with Crippen LogP contribution in [0.2, 0.25) is 0 Å². The van der Waals surface area contributed by atoms with E-state index in [1.165, 1.54) is 0 Å². The van der Waals surface area contributed by atoms with Crippen LogP contribution >= 0.6 is 11.3 Å². The van der Waals surface area contributed by atoms with E-state index in [4.69, 9.17) is 5.26 Å². The molecule has 14 heavy (non-hydrogen) atoms. The SMILES string of the molecule is N#CCc1ccc2sc(O)c(O)c2c1. The van der Waals surface area contributed by atoms with Gasteiger partial charge in [0.05, 0.1) is 12.5 Å². The first kappa shape index (κ1) is 8.85. The molecule has 0 aliphatic heterocycles. The largest absolute Gasteiger partial charge is 0.503 e. The van der Waals surface area contributed by atoms with Crippen LogP contribution in [0.25, 0.3) is 10.1 Å². The highest BCUT2D eigenvalue weighted by Crippen LogP contribution is 2.42. The third-order valence-electron chi connectivity index (χ3n) is 1.99. The Morgan fingerprint density at radius 3 is 2.86 bits per heavy atom. The van der Waals surface area contributed by atoms with E-state index in [0.717, 1.165) is 21.6 Å². The highest BCUT2D eigenvalue weighted by atomic mass is 32.1. The first-order valence-electron chi connectivity index (χ1n) is 4.02. The fraction of sp³-hybridized carbons (Fsp3) is 0.100. The highest BCUT2D eigenvalue weighted by Gasteiger charge is 2.09. The highest BCUT2D eigenvalue weighted by molar-refractivity contribution is 7.21. The van der Waals surface area contributed by atoms with Crippen LogP contribution in [0.5, 0.6) is 10.8 Å². The van der Waals surface area contributed by atoms with Gasteiger partial charge in [-0.05, 0) is 17.7 Å². The zero-order valence-electron chi connectivity index (χ0n) is 7.19. The lowest BCUT2D eigenvalue weighted by Crippen LogP contribution is -1.79. The van der Waals surface area contributed by atoms with Crippen molar-refractivity contribution in [3.8, 4) is 16.9 Å². The van der Waals surface area contributed by atoms with Gasteiger partial charge in [-0.25, -0.2) is 0 Å². The van der Waals surface area contributed by atoms with Gasteiger partial charge in [0.2, 0.25) is 5.06 Å². The molecule has 1 heterocycles. The Labute approximate surface area is 84.5 Å². The topological polar surface area (TPSA) is 64.2 Å². The van der Waals surface area contributed by atoms with Crippen LogP contribution in [0.4, 0.5) is 0 Å². The summed E-state index contributed by atoms with van der Waals surface area (Å²) in [4.78, 5) is 0. The van der Waals surface area contributed by atoms with Crippen LogP contribution in [0, 0.1) is 11.3 Å². The van der Waals surface area contributed by atoms with E-state index in [1.54, 1.807) is 12.1 Å². The van der Waals surface area contributed by atoms with Gasteiger partial charge in [0, 0.05) is 10.1 Å². The lowest BCUT2D eigenvalue weighted by molar-refractivity contribution is 0.419. The van der Waals surface area contributed by atoms with E-state index in [-0.39, 0.29) is 10.8 Å². The maximum absolute atomic E-state index is 9.47. The van der Waals surface area contributed by atoms with E-state index in [0.29, 0.717) is 11.8 Å². The zero-order chi connectivity index (χ0) is 10.1. The number of rotatable bonds is 1. The minimum Gasteiger partial charge on any atom is -0.503 e. The van der Waals surface area contributed by atoms with Crippen molar-refractivity contribution in [2.75, 3.05) is 0 Å². The molecule has 3 nitrogen and oxygen atoms in total. The Bertz CT molecular complexity index is 525. The maximum atomic E-state index is 9.47. The molecule has 2 rings (SSSR count). The number of benzene rings is 1. The fourth-order valence-electron chi connectivity index (χ4n) is 1.32. The Kier molecular flexibility index (Phi) is 2.02. The Hall–Kier alpha value is -1.73. The molecule has 0 bridgehead atoms. The molecule has 1 aromatic carbocycles. The van der Waals surface area contributed by atoms with Crippen molar-refractivity contribution in [3.63, 3.8) is 0 Å². The summed E-state index contributed by atoms with van der Waals surface area (Å²) in [6.45, 7) is 0. The molecule has 0 amide bonds. The van der Waals surface area contributed by atoms with E-state index >= 15 is 0 Å². The van der Waals surface area contributed by atoms with Crippen molar-refractivity contribution in [1.82, 2.24) is 0 Å². The number of aromatic hydroxyl groups is 2. The van der Waals surface area contributed by atoms with E-state index in [9.17, 15) is 10.2 Å². The molecule has 0 atom stereocenters. The Balaban J connectivity index is 2.65. The van der Waals surface area contributed by atoms with Crippen molar-refractivity contribution in [2.45, 2.75) is 6.42 Å². The van der Waals surface area contributed by atoms with Crippen LogP contribution in [0.15, 0.2) is 18.2 Å². The van der Waals surface area contributed by atoms with Crippen molar-refractivity contribution >= 4 is 21.4 Å². The normalized spacial score (nSPS) is 10.2. The lowest BCUT2D eigenvalue weighted by Gasteiger charge is -1.94. The summed E-state index contributed by atoms with van der Waals surface area (Å²) < 4.78 is 0.821. The molecule has 0 aliphatic carbocycles. The Morgan fingerprint density at radius 2 is 2.14 bits per heavy atom. The molecule has 1 aromatic heterocycles. The molecular weight excluding hydrogens is 198 g/mol. The first-order valence-corrected chi connectivity index (χ1v) is 4.84. The van der Waals surface area contributed by atoms with Crippen LogP contribution in [-0.2, 0) is 6.42 Å². The molecule has 2 aromatic rings. The van der Waals surface area contributed by atoms with Gasteiger partial charge in [0.25, 0.3) is 0 Å². The second-order valence-electron chi connectivity index (χ2n) is 2.92. The molecule has 0 unspecified atom stereocenters. The van der Waals surface area contributed by atoms with E-state index in [2.05, 4.69) is 0 Å². The lowest BCUT2D eigenvalue weighted by atomic mass is 10.1. The molecule has 4 heteroatoms. The number of nitrogens with zero attached hydrogens (tertiary/aromatic N) is 1. The number of nitriles is 1. The fourth-order valence-corrected chi connectivity index (χ4v) is 2.14. The summed E-state index contributed by atoms with van der Waals surface area (Å²) in [7, 11) is 0. The molecule has 70 valence electrons. The van der Waals surface area contributed by atoms with E-state index < -0.39 is 0 Å². The smallest absolute Gasteiger partial charge is 0.215 e. The molecule has 0 spiro atoms. The minimum atomic E-state index is -0.0928. The molecular formula is C10H7NO2S. The molecule has 0 saturated heterocycles. The first-order chi connectivity index (χ1) is 6.72. The standard InChI is InChI=1S/C10H7NO2S/c11-4-3-6-1-2-8-7(5-6)9(12)10(13)14-8/h1-2,5,12-13H,3H2. The monoisotopic (exact) mass is 205 g/mol. The predicted octanol–water partition coefficient (Wildman–Crippen LogP) is 2.38. The van der Waals surface area contributed by atoms with Gasteiger partial charge in [-0.2, -0.15) is 5.26 Å². The predicted molar refractivity (Wildman–Crippen MR) is 54.5 cm³/mol. The van der Waals surface area contributed by atoms with Crippen LogP contribution in [0.3, 0.4) is 0 Å². The van der Waals surface area contributed by atoms with Gasteiger partial charge < -0.3 is 10.2 Å². The molecule has 0 radical (unpaired) electrons. The maximum Gasteiger partial charge on any atom is 0.215 e. The molecule has 0 aliphatic rings. The second kappa shape index (κ2) is 3.20. The third kappa shape index (κ3) is 1.28. The van der Waals surface area contributed by atoms with Crippen molar-refractivity contribution in [1.29, 1.82) is 5.26 Å². The van der Waals surface area contributed by atoms with Gasteiger partial charge in [0.15, 0.2) is 5.75 Å². The Morgan fingerprint density at radius 1 is 1.36 bits per heavy atom. The van der Waals surface area contributed by atoms with Crippen molar-refractivity contribution < 1.29 is 10.2 Å². The van der Waals surface area contributed by atoms with Crippen LogP contribution < -0.4 is 0 Å². The van der Waals surface area contributed by atoms with Gasteiger partial charge in [-0.15, -0.1) is 0 Å². The summed E-state index contributed by atoms with van der Waals surface area (Å²) in [5.41, 5.74) is 0.841. The summed E-state index contributed by atoms with van der Waals surface area (Å²) in [6.07, 6.45) is 0.311. The summed E-state index contributed by atoms with van der Waals surface area (Å²) in [6, 6.07) is 7.38. The van der Waals surface area contributed by atoms with Crippen molar-refractivity contribution in [2.24, 2.45) is 0 Å². The minimum absolute atomic E-state index is 0.0749. The van der Waals surface area contributed by atoms with E-state index in [1.807, 2.05) is 12.1 Å². The summed E-state index contributed by atoms with van der Waals surface area (Å²) >= 11 is 1.13. The summed E-state index contributed by atoms with van der Waals surface area (Å²) in [5.74, 6) is -0.0928. The number of fused-ring (bicyclic) bond motifs is 1. The zero-order valence-corrected chi connectivity index (χ0v) is 8.01. The third-order valence-corrected chi connectivity index (χ3v) is 2.95. The van der Waals surface area contributed by atoms with Gasteiger partial charge in [-0.1, -0.05) is 17.4 Å². The summed E-state index contributed by atoms with van der Waals surface area (Å²) in [5, 5.41) is 27.8. The number of hydrogen-bond donors (Lipinski definition) is 2. The molecule has 0 fully saturated rings. The quantitative estimate of drug-likeness (QED) is 0.751. The van der Waals surface area contributed by atoms with Gasteiger partial charge >= 0.3 is 0 Å². The van der Waals surface area contributed by atoms with Crippen molar-refractivity contribution in [3.05, 3.63) is 23.8 Å². The van der Waals surface area contributed by atoms with Gasteiger partial charge in [-0.3, -0.25) is 0 Å². The van der Waals surface area contributed by atoms with Gasteiger partial charge in [0.1, 0.15) is 0 Å². The second-order valence-corrected chi connectivity index (χ2v) is 3.95. The molecule has 0 saturated carbocycles. The number of thiophene rings is 1. The average Bonchev–Trinajstić information content (AvgIpc) is 2.45. The molecule has 2 N–H and O–H groups in total. The van der Waals surface area contributed by atoms with Crippen LogP contribution in [-0.4, -0.2) is 10.2 Å². The number of hydrogen-bond acceptors (Lipinski definition) is 4. The average molecular weight is 205 g/mol.